The molecule has 8 heteroatoms. The molecule has 0 aliphatic heterocycles. The van der Waals surface area contributed by atoms with Crippen molar-refractivity contribution in [2.24, 2.45) is 7.05 Å². The highest BCUT2D eigenvalue weighted by atomic mass is 16.6. The standard InChI is InChI=1S/C12H18N4O4/c1-4-6-9-11(16(19)20)12(14(3)13-9)15(7-5-2)8-10(17)18/h5H,2,4,6-8H2,1,3H3,(H,17,18). The number of carbonyl (C=O) groups is 1. The van der Waals surface area contributed by atoms with Gasteiger partial charge in [-0.2, -0.15) is 5.10 Å². The second-order valence-corrected chi connectivity index (χ2v) is 4.31. The molecule has 1 rings (SSSR count). The summed E-state index contributed by atoms with van der Waals surface area (Å²) in [6, 6.07) is 0. The lowest BCUT2D eigenvalue weighted by Gasteiger charge is -2.19. The zero-order valence-corrected chi connectivity index (χ0v) is 11.6. The fourth-order valence-electron chi connectivity index (χ4n) is 2.05. The Hall–Kier alpha value is -2.38. The van der Waals surface area contributed by atoms with Crippen molar-refractivity contribution in [2.45, 2.75) is 19.8 Å². The molecule has 0 spiro atoms. The second-order valence-electron chi connectivity index (χ2n) is 4.31. The number of carboxylic acids is 1. The van der Waals surface area contributed by atoms with E-state index in [1.807, 2.05) is 6.92 Å². The number of nitrogens with zero attached hydrogens (tertiary/aromatic N) is 4. The number of aryl methyl sites for hydroxylation is 2. The quantitative estimate of drug-likeness (QED) is 0.439. The van der Waals surface area contributed by atoms with Crippen LogP contribution < -0.4 is 4.90 Å². The van der Waals surface area contributed by atoms with Gasteiger partial charge in [-0.1, -0.05) is 19.4 Å². The Morgan fingerprint density at radius 2 is 2.30 bits per heavy atom. The minimum absolute atomic E-state index is 0.127. The third-order valence-corrected chi connectivity index (χ3v) is 2.71. The van der Waals surface area contributed by atoms with Crippen LogP contribution in [0.25, 0.3) is 0 Å². The van der Waals surface area contributed by atoms with Crippen molar-refractivity contribution >= 4 is 17.5 Å². The molecule has 1 aromatic rings. The van der Waals surface area contributed by atoms with Gasteiger partial charge in [0.25, 0.3) is 0 Å². The molecule has 0 saturated heterocycles. The molecule has 20 heavy (non-hydrogen) atoms. The number of aliphatic carboxylic acids is 1. The predicted molar refractivity (Wildman–Crippen MR) is 73.9 cm³/mol. The predicted octanol–water partition coefficient (Wildman–Crippen LogP) is 1.36. The third kappa shape index (κ3) is 3.34. The first-order valence-electron chi connectivity index (χ1n) is 6.20. The van der Waals surface area contributed by atoms with Crippen LogP contribution in [0.1, 0.15) is 19.0 Å². The van der Waals surface area contributed by atoms with E-state index in [2.05, 4.69) is 11.7 Å². The van der Waals surface area contributed by atoms with Gasteiger partial charge >= 0.3 is 11.7 Å². The van der Waals surface area contributed by atoms with Crippen molar-refractivity contribution in [3.05, 3.63) is 28.5 Å². The van der Waals surface area contributed by atoms with Gasteiger partial charge in [-0.25, -0.2) is 4.68 Å². The van der Waals surface area contributed by atoms with E-state index in [1.54, 1.807) is 7.05 Å². The smallest absolute Gasteiger partial charge is 0.334 e. The Labute approximate surface area is 116 Å². The first-order chi connectivity index (χ1) is 9.42. The number of carboxylic acid groups (broad SMARTS) is 1. The molecule has 0 aliphatic rings. The lowest BCUT2D eigenvalue weighted by molar-refractivity contribution is -0.384. The van der Waals surface area contributed by atoms with Crippen LogP contribution in [-0.4, -0.2) is 38.9 Å². The van der Waals surface area contributed by atoms with E-state index in [4.69, 9.17) is 5.11 Å². The van der Waals surface area contributed by atoms with Crippen LogP contribution in [0.5, 0.6) is 0 Å². The molecule has 0 aromatic carbocycles. The number of anilines is 1. The summed E-state index contributed by atoms with van der Waals surface area (Å²) in [5.74, 6) is -0.875. The van der Waals surface area contributed by atoms with Gasteiger partial charge in [-0.3, -0.25) is 14.9 Å². The molecule has 0 amide bonds. The second kappa shape index (κ2) is 6.69. The Morgan fingerprint density at radius 1 is 1.65 bits per heavy atom. The maximum Gasteiger partial charge on any atom is 0.334 e. The van der Waals surface area contributed by atoms with Crippen LogP contribution in [0.3, 0.4) is 0 Å². The Kier molecular flexibility index (Phi) is 5.24. The summed E-state index contributed by atoms with van der Waals surface area (Å²) in [6.07, 6.45) is 2.69. The largest absolute Gasteiger partial charge is 0.480 e. The molecule has 0 unspecified atom stereocenters. The molecule has 110 valence electrons. The van der Waals surface area contributed by atoms with Crippen molar-refractivity contribution in [1.82, 2.24) is 9.78 Å². The summed E-state index contributed by atoms with van der Waals surface area (Å²) in [7, 11) is 1.57. The normalized spacial score (nSPS) is 10.3. The highest BCUT2D eigenvalue weighted by Gasteiger charge is 2.30. The summed E-state index contributed by atoms with van der Waals surface area (Å²) in [6.45, 7) is 5.29. The Morgan fingerprint density at radius 3 is 2.75 bits per heavy atom. The zero-order valence-electron chi connectivity index (χ0n) is 11.6. The van der Waals surface area contributed by atoms with Gasteiger partial charge in [0.1, 0.15) is 12.2 Å². The molecule has 0 saturated carbocycles. The monoisotopic (exact) mass is 282 g/mol. The highest BCUT2D eigenvalue weighted by molar-refractivity contribution is 5.75. The van der Waals surface area contributed by atoms with Crippen LogP contribution in [-0.2, 0) is 18.3 Å². The van der Waals surface area contributed by atoms with E-state index >= 15 is 0 Å². The molecule has 0 aliphatic carbocycles. The van der Waals surface area contributed by atoms with E-state index in [-0.39, 0.29) is 24.6 Å². The summed E-state index contributed by atoms with van der Waals surface area (Å²) < 4.78 is 1.36. The van der Waals surface area contributed by atoms with Crippen molar-refractivity contribution < 1.29 is 14.8 Å². The van der Waals surface area contributed by atoms with E-state index in [0.717, 1.165) is 6.42 Å². The van der Waals surface area contributed by atoms with Gasteiger partial charge in [-0.15, -0.1) is 6.58 Å². The first kappa shape index (κ1) is 15.7. The minimum atomic E-state index is -1.07. The summed E-state index contributed by atoms with van der Waals surface area (Å²) in [5.41, 5.74) is 0.243. The molecule has 8 nitrogen and oxygen atoms in total. The van der Waals surface area contributed by atoms with Gasteiger partial charge in [0.15, 0.2) is 0 Å². The van der Waals surface area contributed by atoms with E-state index in [0.29, 0.717) is 12.1 Å². The molecule has 0 fully saturated rings. The van der Waals surface area contributed by atoms with Crippen LogP contribution in [0, 0.1) is 10.1 Å². The molecule has 0 bridgehead atoms. The van der Waals surface area contributed by atoms with Crippen LogP contribution in [0.4, 0.5) is 11.5 Å². The van der Waals surface area contributed by atoms with Gasteiger partial charge in [0.2, 0.25) is 5.82 Å². The van der Waals surface area contributed by atoms with Crippen molar-refractivity contribution in [1.29, 1.82) is 0 Å². The number of hydrogen-bond acceptors (Lipinski definition) is 5. The van der Waals surface area contributed by atoms with Crippen molar-refractivity contribution in [3.63, 3.8) is 0 Å². The van der Waals surface area contributed by atoms with Gasteiger partial charge in [0, 0.05) is 13.6 Å². The summed E-state index contributed by atoms with van der Waals surface area (Å²) in [4.78, 5) is 23.1. The van der Waals surface area contributed by atoms with Crippen LogP contribution in [0.2, 0.25) is 0 Å². The number of aromatic nitrogens is 2. The van der Waals surface area contributed by atoms with E-state index in [1.165, 1.54) is 15.7 Å². The van der Waals surface area contributed by atoms with Gasteiger partial charge in [0.05, 0.1) is 4.92 Å². The van der Waals surface area contributed by atoms with Crippen LogP contribution >= 0.6 is 0 Å². The molecular formula is C12H18N4O4. The SMILES string of the molecule is C=CCN(CC(=O)O)c1c([N+](=O)[O-])c(CCC)nn1C. The maximum atomic E-state index is 11.3. The van der Waals surface area contributed by atoms with Gasteiger partial charge in [-0.05, 0) is 6.42 Å². The Balaban J connectivity index is 3.34. The first-order valence-corrected chi connectivity index (χ1v) is 6.20. The third-order valence-electron chi connectivity index (χ3n) is 2.71. The highest BCUT2D eigenvalue weighted by Crippen LogP contribution is 2.32. The molecule has 1 heterocycles. The zero-order chi connectivity index (χ0) is 15.3. The minimum Gasteiger partial charge on any atom is -0.480 e. The fourth-order valence-corrected chi connectivity index (χ4v) is 2.05. The maximum absolute atomic E-state index is 11.3. The van der Waals surface area contributed by atoms with E-state index in [9.17, 15) is 14.9 Å². The van der Waals surface area contributed by atoms with Crippen LogP contribution in [0.15, 0.2) is 12.7 Å². The molecular weight excluding hydrogens is 264 g/mol. The van der Waals surface area contributed by atoms with Crippen molar-refractivity contribution in [2.75, 3.05) is 18.0 Å². The average Bonchev–Trinajstić information content (AvgIpc) is 2.65. The van der Waals surface area contributed by atoms with Crippen molar-refractivity contribution in [3.8, 4) is 0 Å². The molecule has 0 radical (unpaired) electrons. The van der Waals surface area contributed by atoms with Gasteiger partial charge < -0.3 is 10.0 Å². The fraction of sp³-hybridized carbons (Fsp3) is 0.500. The summed E-state index contributed by atoms with van der Waals surface area (Å²) in [5, 5.41) is 24.3. The molecule has 1 N–H and O–H groups in total. The number of rotatable bonds is 8. The Bertz CT molecular complexity index is 524. The number of hydrogen-bond donors (Lipinski definition) is 1. The molecule has 0 atom stereocenters. The number of nitro groups is 1. The van der Waals surface area contributed by atoms with E-state index < -0.39 is 10.9 Å². The average molecular weight is 282 g/mol. The summed E-state index contributed by atoms with van der Waals surface area (Å²) >= 11 is 0. The topological polar surface area (TPSA) is 102 Å². The molecule has 1 aromatic heterocycles. The lowest BCUT2D eigenvalue weighted by Crippen LogP contribution is -2.31. The lowest BCUT2D eigenvalue weighted by atomic mass is 10.2.